The van der Waals surface area contributed by atoms with Gasteiger partial charge in [-0.2, -0.15) is 0 Å². The van der Waals surface area contributed by atoms with Gasteiger partial charge in [0.25, 0.3) is 0 Å². The number of fused-ring (bicyclic) bond motifs is 3. The Kier molecular flexibility index (Phi) is 4.19. The van der Waals surface area contributed by atoms with Crippen LogP contribution in [-0.2, 0) is 10.2 Å². The zero-order valence-electron chi connectivity index (χ0n) is 16.3. The van der Waals surface area contributed by atoms with E-state index in [1.807, 2.05) is 12.5 Å². The van der Waals surface area contributed by atoms with Crippen LogP contribution in [0.4, 0.5) is 0 Å². The quantitative estimate of drug-likeness (QED) is 0.602. The average Bonchev–Trinajstić information content (AvgIpc) is 3.32. The minimum Gasteiger partial charge on any atom is -0.323 e. The summed E-state index contributed by atoms with van der Waals surface area (Å²) in [6.45, 7) is 2.36. The largest absolute Gasteiger partial charge is 0.323 e. The maximum absolute atomic E-state index is 13.2. The molecule has 0 bridgehead atoms. The molecule has 2 aliphatic rings. The Balaban J connectivity index is 1.30. The molecule has 3 nitrogen and oxygen atoms in total. The normalized spacial score (nSPS) is 25.9. The van der Waals surface area contributed by atoms with Gasteiger partial charge in [0.1, 0.15) is 5.78 Å². The van der Waals surface area contributed by atoms with Crippen LogP contribution >= 0.6 is 0 Å². The van der Waals surface area contributed by atoms with Crippen molar-refractivity contribution in [2.75, 3.05) is 0 Å². The smallest absolute Gasteiger partial charge is 0.138 e. The number of Topliss-reactive ketones (excluding diaryl/α,β-unsaturated/α-hetero) is 1. The molecule has 1 aromatic heterocycles. The summed E-state index contributed by atoms with van der Waals surface area (Å²) in [6.07, 6.45) is 8.53. The van der Waals surface area contributed by atoms with E-state index in [1.54, 1.807) is 0 Å². The highest BCUT2D eigenvalue weighted by Gasteiger charge is 2.37. The third-order valence-corrected chi connectivity index (χ3v) is 7.01. The Morgan fingerprint density at radius 3 is 2.57 bits per heavy atom. The maximum atomic E-state index is 13.2. The van der Waals surface area contributed by atoms with Crippen molar-refractivity contribution < 1.29 is 4.79 Å². The van der Waals surface area contributed by atoms with Gasteiger partial charge in [0.2, 0.25) is 0 Å². The second-order valence-electron chi connectivity index (χ2n) is 8.66. The van der Waals surface area contributed by atoms with Gasteiger partial charge >= 0.3 is 0 Å². The molecule has 1 saturated carbocycles. The van der Waals surface area contributed by atoms with Crippen LogP contribution in [0.15, 0.2) is 67.1 Å². The fourth-order valence-electron chi connectivity index (χ4n) is 5.20. The fraction of sp³-hybridized carbons (Fsp3) is 0.360. The van der Waals surface area contributed by atoms with E-state index >= 15 is 0 Å². The molecule has 1 aliphatic heterocycles. The molecule has 0 amide bonds. The summed E-state index contributed by atoms with van der Waals surface area (Å²) in [4.78, 5) is 17.5. The second-order valence-corrected chi connectivity index (χ2v) is 8.66. The Morgan fingerprint density at radius 2 is 1.79 bits per heavy atom. The van der Waals surface area contributed by atoms with E-state index in [4.69, 9.17) is 0 Å². The number of nitrogens with zero attached hydrogens (tertiary/aromatic N) is 2. The Morgan fingerprint density at radius 1 is 1.07 bits per heavy atom. The SMILES string of the molecule is CC1(c2ccccc2)CCC(C(=O)CC2c3ccccc3-c3cncn32)CC1. The van der Waals surface area contributed by atoms with E-state index in [2.05, 4.69) is 71.1 Å². The Hall–Kier alpha value is -2.68. The van der Waals surface area contributed by atoms with Gasteiger partial charge in [-0.05, 0) is 42.2 Å². The van der Waals surface area contributed by atoms with Gasteiger partial charge in [-0.15, -0.1) is 0 Å². The van der Waals surface area contributed by atoms with Crippen LogP contribution in [0, 0.1) is 5.92 Å². The van der Waals surface area contributed by atoms with E-state index in [9.17, 15) is 4.79 Å². The fourth-order valence-corrected chi connectivity index (χ4v) is 5.20. The number of hydrogen-bond donors (Lipinski definition) is 0. The van der Waals surface area contributed by atoms with Crippen molar-refractivity contribution in [1.29, 1.82) is 0 Å². The Bertz CT molecular complexity index is 996. The van der Waals surface area contributed by atoms with Gasteiger partial charge in [0.15, 0.2) is 0 Å². The number of carbonyl (C=O) groups is 1. The number of imidazole rings is 1. The molecule has 2 heterocycles. The summed E-state index contributed by atoms with van der Waals surface area (Å²) in [7, 11) is 0. The van der Waals surface area contributed by atoms with Crippen LogP contribution in [0.3, 0.4) is 0 Å². The first-order valence-corrected chi connectivity index (χ1v) is 10.3. The van der Waals surface area contributed by atoms with Crippen molar-refractivity contribution >= 4 is 5.78 Å². The summed E-state index contributed by atoms with van der Waals surface area (Å²) < 4.78 is 2.18. The number of carbonyl (C=O) groups excluding carboxylic acids is 1. The number of ketones is 1. The van der Waals surface area contributed by atoms with Gasteiger partial charge in [0.05, 0.1) is 24.3 Å². The van der Waals surface area contributed by atoms with Gasteiger partial charge in [-0.1, -0.05) is 61.5 Å². The van der Waals surface area contributed by atoms with Gasteiger partial charge in [0, 0.05) is 17.9 Å². The number of hydrogen-bond acceptors (Lipinski definition) is 2. The summed E-state index contributed by atoms with van der Waals surface area (Å²) >= 11 is 0. The molecule has 5 rings (SSSR count). The average molecular weight is 370 g/mol. The second kappa shape index (κ2) is 6.73. The molecule has 0 N–H and O–H groups in total. The van der Waals surface area contributed by atoms with E-state index in [0.29, 0.717) is 12.2 Å². The van der Waals surface area contributed by atoms with Crippen molar-refractivity contribution in [1.82, 2.24) is 9.55 Å². The highest BCUT2D eigenvalue weighted by molar-refractivity contribution is 5.83. The maximum Gasteiger partial charge on any atom is 0.138 e. The van der Waals surface area contributed by atoms with Crippen LogP contribution in [0.2, 0.25) is 0 Å². The lowest BCUT2D eigenvalue weighted by molar-refractivity contribution is -0.124. The molecule has 1 unspecified atom stereocenters. The lowest BCUT2D eigenvalue weighted by Crippen LogP contribution is -2.32. The zero-order chi connectivity index (χ0) is 19.1. The summed E-state index contributed by atoms with van der Waals surface area (Å²) in [5.41, 5.74) is 5.23. The van der Waals surface area contributed by atoms with Crippen LogP contribution in [0.1, 0.15) is 56.2 Å². The minimum atomic E-state index is 0.101. The van der Waals surface area contributed by atoms with Crippen LogP contribution in [0.25, 0.3) is 11.3 Å². The molecule has 2 aromatic carbocycles. The van der Waals surface area contributed by atoms with E-state index in [0.717, 1.165) is 31.4 Å². The lowest BCUT2D eigenvalue weighted by atomic mass is 9.67. The van der Waals surface area contributed by atoms with Crippen molar-refractivity contribution in [3.63, 3.8) is 0 Å². The number of aromatic nitrogens is 2. The minimum absolute atomic E-state index is 0.101. The standard InChI is InChI=1S/C25H26N2O/c1-25(19-7-3-2-4-8-19)13-11-18(12-14-25)24(28)15-22-20-9-5-6-10-21(20)23-16-26-17-27(22)23/h2-10,16-18,22H,11-15H2,1H3. The molecule has 1 aliphatic carbocycles. The first kappa shape index (κ1) is 17.4. The molecule has 0 saturated heterocycles. The van der Waals surface area contributed by atoms with Crippen molar-refractivity contribution in [3.8, 4) is 11.3 Å². The molecule has 0 spiro atoms. The molecule has 0 radical (unpaired) electrons. The van der Waals surface area contributed by atoms with Crippen molar-refractivity contribution in [3.05, 3.63) is 78.2 Å². The summed E-state index contributed by atoms with van der Waals surface area (Å²) in [5, 5.41) is 0. The third kappa shape index (κ3) is 2.81. The number of rotatable bonds is 4. The van der Waals surface area contributed by atoms with Crippen LogP contribution in [-0.4, -0.2) is 15.3 Å². The zero-order valence-corrected chi connectivity index (χ0v) is 16.3. The van der Waals surface area contributed by atoms with E-state index < -0.39 is 0 Å². The lowest BCUT2D eigenvalue weighted by Gasteiger charge is -2.37. The first-order chi connectivity index (χ1) is 13.7. The molecule has 3 heteroatoms. The van der Waals surface area contributed by atoms with Crippen molar-refractivity contribution in [2.45, 2.75) is 50.5 Å². The van der Waals surface area contributed by atoms with Gasteiger partial charge in [-0.3, -0.25) is 4.79 Å². The van der Waals surface area contributed by atoms with Gasteiger partial charge in [-0.25, -0.2) is 4.98 Å². The highest BCUT2D eigenvalue weighted by Crippen LogP contribution is 2.44. The monoisotopic (exact) mass is 370 g/mol. The summed E-state index contributed by atoms with van der Waals surface area (Å²) in [5.74, 6) is 0.605. The highest BCUT2D eigenvalue weighted by atomic mass is 16.1. The molecule has 28 heavy (non-hydrogen) atoms. The molecular formula is C25H26N2O. The Labute approximate surface area is 166 Å². The molecular weight excluding hydrogens is 344 g/mol. The predicted molar refractivity (Wildman–Crippen MR) is 111 cm³/mol. The molecule has 1 fully saturated rings. The van der Waals surface area contributed by atoms with E-state index in [-0.39, 0.29) is 17.4 Å². The van der Waals surface area contributed by atoms with Crippen molar-refractivity contribution in [2.24, 2.45) is 5.92 Å². The first-order valence-electron chi connectivity index (χ1n) is 10.3. The van der Waals surface area contributed by atoms with Gasteiger partial charge < -0.3 is 4.57 Å². The topological polar surface area (TPSA) is 34.9 Å². The molecule has 1 atom stereocenters. The molecule has 142 valence electrons. The van der Waals surface area contributed by atoms with Crippen LogP contribution < -0.4 is 0 Å². The van der Waals surface area contributed by atoms with E-state index in [1.165, 1.54) is 16.7 Å². The molecule has 3 aromatic rings. The summed E-state index contributed by atoms with van der Waals surface area (Å²) in [6, 6.07) is 19.3. The van der Waals surface area contributed by atoms with Crippen LogP contribution in [0.5, 0.6) is 0 Å². The predicted octanol–water partition coefficient (Wildman–Crippen LogP) is 5.56. The number of benzene rings is 2. The third-order valence-electron chi connectivity index (χ3n) is 7.01.